The number of hydrogen-bond donors (Lipinski definition) is 1. The van der Waals surface area contributed by atoms with Crippen LogP contribution in [-0.2, 0) is 9.48 Å². The van der Waals surface area contributed by atoms with Gasteiger partial charge in [-0.15, -0.1) is 0 Å². The molecule has 3 heterocycles. The molecule has 7 heteroatoms. The Balaban J connectivity index is 1.87. The molecule has 0 aromatic carbocycles. The van der Waals surface area contributed by atoms with Gasteiger partial charge in [0, 0.05) is 36.0 Å². The lowest BCUT2D eigenvalue weighted by Crippen LogP contribution is -2.37. The molecule has 1 aliphatic heterocycles. The number of nitrogens with zero attached hydrogens (tertiary/aromatic N) is 4. The Kier molecular flexibility index (Phi) is 5.64. The molecule has 2 aromatic rings. The van der Waals surface area contributed by atoms with Gasteiger partial charge in [0.1, 0.15) is 17.5 Å². The first-order valence-corrected chi connectivity index (χ1v) is 11.3. The van der Waals surface area contributed by atoms with Crippen molar-refractivity contribution in [3.05, 3.63) is 36.0 Å². The molecule has 2 fully saturated rings. The number of aromatic nitrogens is 3. The van der Waals surface area contributed by atoms with Crippen LogP contribution in [0, 0.1) is 0 Å². The summed E-state index contributed by atoms with van der Waals surface area (Å²) in [5, 5.41) is 7.29. The van der Waals surface area contributed by atoms with Gasteiger partial charge in [0.25, 0.3) is 0 Å². The highest BCUT2D eigenvalue weighted by molar-refractivity contribution is 7.99. The molecule has 1 N–H and O–H groups in total. The van der Waals surface area contributed by atoms with Crippen molar-refractivity contribution in [1.82, 2.24) is 15.2 Å². The quantitative estimate of drug-likeness (QED) is 0.718. The minimum Gasteiger partial charge on any atom is -0.378 e. The van der Waals surface area contributed by atoms with E-state index in [1.807, 2.05) is 23.9 Å². The summed E-state index contributed by atoms with van der Waals surface area (Å²) in [5.74, 6) is 2.98. The Labute approximate surface area is 171 Å². The third-order valence-corrected chi connectivity index (χ3v) is 7.04. The first kappa shape index (κ1) is 19.3. The maximum absolute atomic E-state index is 5.56. The van der Waals surface area contributed by atoms with E-state index in [0.717, 1.165) is 62.3 Å². The topological polar surface area (TPSA) is 57.3 Å². The fourth-order valence-corrected chi connectivity index (χ4v) is 4.83. The minimum absolute atomic E-state index is 0.189. The van der Waals surface area contributed by atoms with Crippen LogP contribution in [0.2, 0.25) is 0 Å². The summed E-state index contributed by atoms with van der Waals surface area (Å²) in [5.41, 5.74) is 2.51. The molecule has 0 bridgehead atoms. The van der Waals surface area contributed by atoms with Crippen LogP contribution in [0.25, 0.3) is 6.08 Å². The number of hydrogen-bond acceptors (Lipinski definition) is 6. The second-order valence-electron chi connectivity index (χ2n) is 7.36. The van der Waals surface area contributed by atoms with E-state index in [0.29, 0.717) is 0 Å². The fourth-order valence-electron chi connectivity index (χ4n) is 3.93. The number of rotatable bonds is 8. The molecule has 6 nitrogen and oxygen atoms in total. The highest BCUT2D eigenvalue weighted by atomic mass is 32.2. The zero-order chi connectivity index (χ0) is 19.6. The van der Waals surface area contributed by atoms with Gasteiger partial charge in [-0.2, -0.15) is 16.9 Å². The standard InChI is InChI=1S/C21H29N5OS/c1-4-10-26(18-6-9-22-24-18)20-16(5-2)17(21(28-3)7-8-21)15-19(23-20)25-11-13-27-14-12-25/h5-6,9,15H,2,4,7-8,10-14H2,1,3H3,(H,22,24). The Bertz CT molecular complexity index is 812. The van der Waals surface area contributed by atoms with E-state index in [4.69, 9.17) is 9.72 Å². The third-order valence-electron chi connectivity index (χ3n) is 5.63. The highest BCUT2D eigenvalue weighted by Gasteiger charge is 2.46. The van der Waals surface area contributed by atoms with Crippen LogP contribution >= 0.6 is 11.8 Å². The number of morpholine rings is 1. The number of nitrogens with one attached hydrogen (secondary N) is 1. The van der Waals surface area contributed by atoms with Gasteiger partial charge in [-0.25, -0.2) is 4.98 Å². The van der Waals surface area contributed by atoms with Gasteiger partial charge in [-0.3, -0.25) is 5.10 Å². The van der Waals surface area contributed by atoms with Crippen molar-refractivity contribution in [2.24, 2.45) is 0 Å². The Hall–Kier alpha value is -1.99. The van der Waals surface area contributed by atoms with Crippen LogP contribution in [0.1, 0.15) is 37.3 Å². The molecule has 0 amide bonds. The van der Waals surface area contributed by atoms with Crippen LogP contribution in [0.3, 0.4) is 0 Å². The van der Waals surface area contributed by atoms with Gasteiger partial charge in [-0.1, -0.05) is 19.6 Å². The Morgan fingerprint density at radius 2 is 2.18 bits per heavy atom. The molecule has 1 saturated heterocycles. The van der Waals surface area contributed by atoms with E-state index in [1.54, 1.807) is 6.20 Å². The van der Waals surface area contributed by atoms with Crippen LogP contribution in [0.4, 0.5) is 17.5 Å². The average Bonchev–Trinajstić information content (AvgIpc) is 3.36. The molecule has 28 heavy (non-hydrogen) atoms. The van der Waals surface area contributed by atoms with E-state index < -0.39 is 0 Å². The molecule has 0 radical (unpaired) electrons. The molecule has 1 aliphatic carbocycles. The number of anilines is 3. The van der Waals surface area contributed by atoms with Crippen molar-refractivity contribution in [2.45, 2.75) is 30.9 Å². The summed E-state index contributed by atoms with van der Waals surface area (Å²) in [6, 6.07) is 4.30. The molecule has 0 atom stereocenters. The molecule has 1 saturated carbocycles. The maximum atomic E-state index is 5.56. The first-order chi connectivity index (χ1) is 13.7. The average molecular weight is 400 g/mol. The predicted molar refractivity (Wildman–Crippen MR) is 118 cm³/mol. The van der Waals surface area contributed by atoms with Crippen molar-refractivity contribution < 1.29 is 4.74 Å². The van der Waals surface area contributed by atoms with Crippen molar-refractivity contribution in [1.29, 1.82) is 0 Å². The first-order valence-electron chi connectivity index (χ1n) is 10.0. The lowest BCUT2D eigenvalue weighted by atomic mass is 10.0. The van der Waals surface area contributed by atoms with E-state index in [9.17, 15) is 0 Å². The Morgan fingerprint density at radius 1 is 1.39 bits per heavy atom. The monoisotopic (exact) mass is 399 g/mol. The molecule has 0 unspecified atom stereocenters. The van der Waals surface area contributed by atoms with Crippen LogP contribution < -0.4 is 9.80 Å². The van der Waals surface area contributed by atoms with E-state index in [1.165, 1.54) is 18.4 Å². The fraction of sp³-hybridized carbons (Fsp3) is 0.524. The Morgan fingerprint density at radius 3 is 2.75 bits per heavy atom. The van der Waals surface area contributed by atoms with Gasteiger partial charge in [0.05, 0.1) is 19.4 Å². The molecular formula is C21H29N5OS. The number of H-pyrrole nitrogens is 1. The molecule has 2 aliphatic rings. The van der Waals surface area contributed by atoms with Crippen molar-refractivity contribution in [3.8, 4) is 0 Å². The van der Waals surface area contributed by atoms with E-state index in [2.05, 4.69) is 45.8 Å². The van der Waals surface area contributed by atoms with Crippen LogP contribution in [-0.4, -0.2) is 54.3 Å². The van der Waals surface area contributed by atoms with Gasteiger partial charge in [-0.05, 0) is 37.1 Å². The van der Waals surface area contributed by atoms with E-state index in [-0.39, 0.29) is 4.75 Å². The van der Waals surface area contributed by atoms with Crippen molar-refractivity contribution in [2.75, 3.05) is 48.9 Å². The summed E-state index contributed by atoms with van der Waals surface area (Å²) in [6.45, 7) is 10.5. The lowest BCUT2D eigenvalue weighted by molar-refractivity contribution is 0.122. The number of thioether (sulfide) groups is 1. The molecule has 4 rings (SSSR count). The highest BCUT2D eigenvalue weighted by Crippen LogP contribution is 2.58. The zero-order valence-corrected chi connectivity index (χ0v) is 17.6. The maximum Gasteiger partial charge on any atom is 0.144 e. The van der Waals surface area contributed by atoms with Gasteiger partial charge < -0.3 is 14.5 Å². The summed E-state index contributed by atoms with van der Waals surface area (Å²) in [7, 11) is 0. The summed E-state index contributed by atoms with van der Waals surface area (Å²) in [4.78, 5) is 9.73. The molecule has 150 valence electrons. The van der Waals surface area contributed by atoms with E-state index >= 15 is 0 Å². The number of pyridine rings is 1. The van der Waals surface area contributed by atoms with Gasteiger partial charge >= 0.3 is 0 Å². The largest absolute Gasteiger partial charge is 0.378 e. The SMILES string of the molecule is C=Cc1c(C2(SC)CC2)cc(N2CCOCC2)nc1N(CCC)c1ccn[nH]1. The predicted octanol–water partition coefficient (Wildman–Crippen LogP) is 4.18. The van der Waals surface area contributed by atoms with Gasteiger partial charge in [0.2, 0.25) is 0 Å². The van der Waals surface area contributed by atoms with Gasteiger partial charge in [0.15, 0.2) is 0 Å². The van der Waals surface area contributed by atoms with Crippen molar-refractivity contribution in [3.63, 3.8) is 0 Å². The molecule has 2 aromatic heterocycles. The lowest BCUT2D eigenvalue weighted by Gasteiger charge is -2.32. The summed E-state index contributed by atoms with van der Waals surface area (Å²) >= 11 is 1.95. The number of ether oxygens (including phenoxy) is 1. The van der Waals surface area contributed by atoms with Crippen molar-refractivity contribution >= 4 is 35.3 Å². The second-order valence-corrected chi connectivity index (χ2v) is 8.55. The zero-order valence-electron chi connectivity index (χ0n) is 16.8. The summed E-state index contributed by atoms with van der Waals surface area (Å²) in [6.07, 6.45) is 9.42. The third kappa shape index (κ3) is 3.53. The second kappa shape index (κ2) is 8.17. The minimum atomic E-state index is 0.189. The van der Waals surface area contributed by atoms with Crippen LogP contribution in [0.5, 0.6) is 0 Å². The number of aromatic amines is 1. The molecule has 0 spiro atoms. The molecular weight excluding hydrogens is 370 g/mol. The summed E-state index contributed by atoms with van der Waals surface area (Å²) < 4.78 is 5.75. The van der Waals surface area contributed by atoms with Crippen LogP contribution in [0.15, 0.2) is 24.9 Å². The normalized spacial score (nSPS) is 18.1. The smallest absolute Gasteiger partial charge is 0.144 e.